The summed E-state index contributed by atoms with van der Waals surface area (Å²) >= 11 is 1.69. The molecule has 0 spiro atoms. The van der Waals surface area contributed by atoms with E-state index in [4.69, 9.17) is 0 Å². The number of benzene rings is 3. The van der Waals surface area contributed by atoms with Crippen molar-refractivity contribution in [1.82, 2.24) is 10.3 Å². The summed E-state index contributed by atoms with van der Waals surface area (Å²) in [6, 6.07) is 23.2. The van der Waals surface area contributed by atoms with Crippen LogP contribution in [0.15, 0.2) is 83.9 Å². The fourth-order valence-corrected chi connectivity index (χ4v) is 6.34. The van der Waals surface area contributed by atoms with Gasteiger partial charge < -0.3 is 15.5 Å². The number of aromatic nitrogens is 1. The molecule has 0 radical (unpaired) electrons. The number of rotatable bonds is 12. The quantitative estimate of drug-likeness (QED) is 0.132. The Kier molecular flexibility index (Phi) is 10.1. The van der Waals surface area contributed by atoms with Crippen molar-refractivity contribution in [3.05, 3.63) is 95.7 Å². The van der Waals surface area contributed by atoms with Crippen LogP contribution in [0.3, 0.4) is 0 Å². The first-order chi connectivity index (χ1) is 20.0. The first-order valence-corrected chi connectivity index (χ1v) is 15.4. The van der Waals surface area contributed by atoms with Crippen molar-refractivity contribution < 1.29 is 13.2 Å². The first-order valence-electron chi connectivity index (χ1n) is 14.4. The molecule has 216 valence electrons. The lowest BCUT2D eigenvalue weighted by Crippen LogP contribution is -2.43. The molecule has 1 aliphatic rings. The molecule has 1 fully saturated rings. The van der Waals surface area contributed by atoms with Gasteiger partial charge in [0.15, 0.2) is 0 Å². The summed E-state index contributed by atoms with van der Waals surface area (Å²) in [5.41, 5.74) is 4.92. The number of nitrogens with one attached hydrogen (secondary N) is 2. The highest BCUT2D eigenvalue weighted by Crippen LogP contribution is 2.34. The van der Waals surface area contributed by atoms with E-state index in [-0.39, 0.29) is 0 Å². The van der Waals surface area contributed by atoms with Crippen LogP contribution in [0.4, 0.5) is 24.5 Å². The van der Waals surface area contributed by atoms with Gasteiger partial charge in [0.25, 0.3) is 0 Å². The minimum atomic E-state index is -4.35. The number of pyridine rings is 1. The average Bonchev–Trinajstić information content (AvgIpc) is 2.99. The SMILES string of the molecule is FC(F)(F)c1ccc2c(SCCCCCCNc3ccc(N4CCNCC4)c(Cc4ccccc4)c3)ccnc2c1. The Labute approximate surface area is 244 Å². The molecule has 0 aliphatic carbocycles. The standard InChI is InChI=1S/C33H37F3N4S/c34-33(35,36)27-10-12-29-30(24-27)39-16-14-32(29)41-21-7-2-1-6-15-38-28-11-13-31(40-19-17-37-18-20-40)26(23-28)22-25-8-4-3-5-9-25/h3-5,8-14,16,23-24,37-38H,1-2,6-7,15,17-22H2. The van der Waals surface area contributed by atoms with Crippen LogP contribution in [0.5, 0.6) is 0 Å². The third-order valence-corrected chi connectivity index (χ3v) is 8.62. The number of unbranched alkanes of at least 4 members (excludes halogenated alkanes) is 3. The van der Waals surface area contributed by atoms with Gasteiger partial charge in [0.05, 0.1) is 11.1 Å². The summed E-state index contributed by atoms with van der Waals surface area (Å²) in [6.45, 7) is 5.03. The van der Waals surface area contributed by atoms with Crippen LogP contribution in [-0.4, -0.2) is 43.5 Å². The molecular weight excluding hydrogens is 541 g/mol. The second-order valence-corrected chi connectivity index (χ2v) is 11.6. The summed E-state index contributed by atoms with van der Waals surface area (Å²) in [5, 5.41) is 7.86. The number of nitrogens with zero attached hydrogens (tertiary/aromatic N) is 2. The number of anilines is 2. The maximum Gasteiger partial charge on any atom is 0.416 e. The number of alkyl halides is 3. The average molecular weight is 579 g/mol. The van der Waals surface area contributed by atoms with Crippen molar-refractivity contribution in [3.8, 4) is 0 Å². The van der Waals surface area contributed by atoms with Gasteiger partial charge in [-0.15, -0.1) is 11.8 Å². The summed E-state index contributed by atoms with van der Waals surface area (Å²) in [4.78, 5) is 7.63. The number of halogens is 3. The van der Waals surface area contributed by atoms with Crippen LogP contribution in [0.1, 0.15) is 42.4 Å². The zero-order valence-corrected chi connectivity index (χ0v) is 24.0. The van der Waals surface area contributed by atoms with Crippen LogP contribution in [-0.2, 0) is 12.6 Å². The predicted octanol–water partition coefficient (Wildman–Crippen LogP) is 8.02. The van der Waals surface area contributed by atoms with Crippen molar-refractivity contribution in [2.75, 3.05) is 48.7 Å². The van der Waals surface area contributed by atoms with Crippen LogP contribution < -0.4 is 15.5 Å². The highest BCUT2D eigenvalue weighted by atomic mass is 32.2. The Balaban J connectivity index is 1.07. The Morgan fingerprint density at radius 2 is 1.68 bits per heavy atom. The summed E-state index contributed by atoms with van der Waals surface area (Å²) in [6.07, 6.45) is 2.58. The van der Waals surface area contributed by atoms with E-state index in [1.807, 2.05) is 6.07 Å². The molecule has 2 heterocycles. The lowest BCUT2D eigenvalue weighted by Gasteiger charge is -2.31. The fraction of sp³-hybridized carbons (Fsp3) is 0.364. The maximum atomic E-state index is 13.0. The van der Waals surface area contributed by atoms with Crippen LogP contribution in [0, 0.1) is 0 Å². The minimum absolute atomic E-state index is 0.392. The van der Waals surface area contributed by atoms with Gasteiger partial charge in [-0.2, -0.15) is 13.2 Å². The molecule has 3 aromatic carbocycles. The predicted molar refractivity (Wildman–Crippen MR) is 165 cm³/mol. The highest BCUT2D eigenvalue weighted by molar-refractivity contribution is 7.99. The van der Waals surface area contributed by atoms with E-state index in [1.165, 1.54) is 22.5 Å². The molecule has 0 bridgehead atoms. The van der Waals surface area contributed by atoms with Crippen LogP contribution >= 0.6 is 11.8 Å². The molecule has 4 nitrogen and oxygen atoms in total. The van der Waals surface area contributed by atoms with Gasteiger partial charge >= 0.3 is 6.18 Å². The molecule has 1 aromatic heterocycles. The summed E-state index contributed by atoms with van der Waals surface area (Å²) in [5.74, 6) is 0.934. The zero-order chi connectivity index (χ0) is 28.5. The zero-order valence-electron chi connectivity index (χ0n) is 23.2. The van der Waals surface area contributed by atoms with Gasteiger partial charge in [-0.05, 0) is 72.5 Å². The van der Waals surface area contributed by atoms with Crippen molar-refractivity contribution in [2.24, 2.45) is 0 Å². The molecule has 0 amide bonds. The van der Waals surface area contributed by atoms with E-state index in [0.717, 1.165) is 93.0 Å². The largest absolute Gasteiger partial charge is 0.416 e. The number of hydrogen-bond acceptors (Lipinski definition) is 5. The molecule has 0 unspecified atom stereocenters. The Bertz CT molecular complexity index is 1410. The van der Waals surface area contributed by atoms with Gasteiger partial charge in [0.2, 0.25) is 0 Å². The molecule has 0 saturated carbocycles. The van der Waals surface area contributed by atoms with Gasteiger partial charge in [0.1, 0.15) is 0 Å². The van der Waals surface area contributed by atoms with Crippen LogP contribution in [0.2, 0.25) is 0 Å². The molecule has 2 N–H and O–H groups in total. The molecule has 5 rings (SSSR count). The smallest absolute Gasteiger partial charge is 0.385 e. The summed E-state index contributed by atoms with van der Waals surface area (Å²) in [7, 11) is 0. The van der Waals surface area contributed by atoms with Crippen molar-refractivity contribution in [3.63, 3.8) is 0 Å². The number of fused-ring (bicyclic) bond motifs is 1. The normalized spacial score (nSPS) is 14.0. The second kappa shape index (κ2) is 14.1. The van der Waals surface area contributed by atoms with Crippen molar-refractivity contribution >= 4 is 34.0 Å². The number of piperazine rings is 1. The Morgan fingerprint density at radius 3 is 2.49 bits per heavy atom. The minimum Gasteiger partial charge on any atom is -0.385 e. The van der Waals surface area contributed by atoms with Gasteiger partial charge in [-0.1, -0.05) is 49.2 Å². The van der Waals surface area contributed by atoms with E-state index in [2.05, 4.69) is 69.0 Å². The van der Waals surface area contributed by atoms with Crippen molar-refractivity contribution in [1.29, 1.82) is 0 Å². The molecule has 1 saturated heterocycles. The molecule has 4 aromatic rings. The Morgan fingerprint density at radius 1 is 0.878 bits per heavy atom. The van der Waals surface area contributed by atoms with Gasteiger partial charge in [-0.3, -0.25) is 4.98 Å². The molecular formula is C33H37F3N4S. The topological polar surface area (TPSA) is 40.2 Å². The second-order valence-electron chi connectivity index (χ2n) is 10.5. The van der Waals surface area contributed by atoms with Gasteiger partial charge in [-0.25, -0.2) is 0 Å². The lowest BCUT2D eigenvalue weighted by molar-refractivity contribution is -0.137. The number of hydrogen-bond donors (Lipinski definition) is 2. The highest BCUT2D eigenvalue weighted by Gasteiger charge is 2.30. The van der Waals surface area contributed by atoms with E-state index in [0.29, 0.717) is 5.52 Å². The third kappa shape index (κ3) is 8.17. The Hall–Kier alpha value is -3.23. The molecule has 41 heavy (non-hydrogen) atoms. The summed E-state index contributed by atoms with van der Waals surface area (Å²) < 4.78 is 39.1. The lowest BCUT2D eigenvalue weighted by atomic mass is 10.0. The monoisotopic (exact) mass is 578 g/mol. The van der Waals surface area contributed by atoms with Gasteiger partial charge in [0, 0.05) is 60.6 Å². The van der Waals surface area contributed by atoms with E-state index < -0.39 is 11.7 Å². The van der Waals surface area contributed by atoms with Crippen molar-refractivity contribution in [2.45, 2.75) is 43.2 Å². The molecule has 0 atom stereocenters. The van der Waals surface area contributed by atoms with Crippen LogP contribution in [0.25, 0.3) is 10.9 Å². The number of thioether (sulfide) groups is 1. The molecule has 8 heteroatoms. The first kappa shape index (κ1) is 29.3. The maximum absolute atomic E-state index is 13.0. The molecule has 1 aliphatic heterocycles. The third-order valence-electron chi connectivity index (χ3n) is 7.46. The van der Waals surface area contributed by atoms with E-state index in [9.17, 15) is 13.2 Å². The fourth-order valence-electron chi connectivity index (χ4n) is 5.29. The van der Waals surface area contributed by atoms with E-state index in [1.54, 1.807) is 24.0 Å². The van der Waals surface area contributed by atoms with E-state index >= 15 is 0 Å².